The molecule has 1 nitrogen and oxygen atoms in total. The average Bonchev–Trinajstić information content (AvgIpc) is 1.61. The monoisotopic (exact) mass is 135 g/mol. The molecular formula is C4H7OS2-. The maximum Gasteiger partial charge on any atom is 0.0856 e. The van der Waals surface area contributed by atoms with E-state index in [2.05, 4.69) is 24.8 Å². The molecule has 0 N–H and O–H groups in total. The first-order chi connectivity index (χ1) is 3.27. The van der Waals surface area contributed by atoms with Crippen molar-refractivity contribution in [1.82, 2.24) is 0 Å². The van der Waals surface area contributed by atoms with Gasteiger partial charge in [0.05, 0.1) is 6.61 Å². The van der Waals surface area contributed by atoms with E-state index in [1.54, 1.807) is 0 Å². The van der Waals surface area contributed by atoms with Gasteiger partial charge in [-0.1, -0.05) is 6.92 Å². The Hall–Kier alpha value is 0.110. The van der Waals surface area contributed by atoms with Crippen LogP contribution in [0.15, 0.2) is 0 Å². The number of hydrogen-bond donors (Lipinski definition) is 0. The van der Waals surface area contributed by atoms with Gasteiger partial charge in [-0.25, -0.2) is 0 Å². The molecule has 0 heterocycles. The van der Waals surface area contributed by atoms with Gasteiger partial charge in [0.25, 0.3) is 0 Å². The Morgan fingerprint density at radius 1 is 1.86 bits per heavy atom. The zero-order valence-corrected chi connectivity index (χ0v) is 5.77. The summed E-state index contributed by atoms with van der Waals surface area (Å²) in [5.74, 6) is 0. The Morgan fingerprint density at radius 2 is 2.43 bits per heavy atom. The van der Waals surface area contributed by atoms with E-state index in [1.807, 2.05) is 6.92 Å². The van der Waals surface area contributed by atoms with Gasteiger partial charge in [0, 0.05) is 4.38 Å². The van der Waals surface area contributed by atoms with Crippen molar-refractivity contribution >= 4 is 29.2 Å². The molecule has 0 aromatic heterocycles. The molecule has 0 aliphatic heterocycles. The smallest absolute Gasteiger partial charge is 0.0856 e. The molecule has 0 fully saturated rings. The topological polar surface area (TPSA) is 9.23 Å². The van der Waals surface area contributed by atoms with Gasteiger partial charge in [0.15, 0.2) is 0 Å². The van der Waals surface area contributed by atoms with Crippen molar-refractivity contribution < 1.29 is 4.74 Å². The lowest BCUT2D eigenvalue weighted by molar-refractivity contribution is 0.322. The third-order valence-electron chi connectivity index (χ3n) is 0.424. The van der Waals surface area contributed by atoms with Crippen molar-refractivity contribution in [3.8, 4) is 0 Å². The highest BCUT2D eigenvalue weighted by Gasteiger charge is 1.73. The van der Waals surface area contributed by atoms with Gasteiger partial charge in [-0.3, -0.25) is 0 Å². The van der Waals surface area contributed by atoms with E-state index in [1.165, 1.54) is 0 Å². The summed E-state index contributed by atoms with van der Waals surface area (Å²) in [4.78, 5) is 0. The highest BCUT2D eigenvalue weighted by molar-refractivity contribution is 7.99. The van der Waals surface area contributed by atoms with Crippen LogP contribution in [0, 0.1) is 0 Å². The molecule has 42 valence electrons. The highest BCUT2D eigenvalue weighted by Crippen LogP contribution is 1.80. The summed E-state index contributed by atoms with van der Waals surface area (Å²) in [7, 11) is 0. The van der Waals surface area contributed by atoms with Gasteiger partial charge >= 0.3 is 0 Å². The first-order valence-electron chi connectivity index (χ1n) is 2.11. The molecule has 0 amide bonds. The zero-order valence-electron chi connectivity index (χ0n) is 4.14. The fourth-order valence-electron chi connectivity index (χ4n) is 0.185. The number of thiocarbonyl (C=S) groups is 1. The minimum Gasteiger partial charge on any atom is -0.514 e. The van der Waals surface area contributed by atoms with Crippen LogP contribution in [0.5, 0.6) is 0 Å². The van der Waals surface area contributed by atoms with Crippen molar-refractivity contribution in [2.24, 2.45) is 0 Å². The molecular weight excluding hydrogens is 128 g/mol. The van der Waals surface area contributed by atoms with Gasteiger partial charge < -0.3 is 29.6 Å². The lowest BCUT2D eigenvalue weighted by Gasteiger charge is -2.05. The van der Waals surface area contributed by atoms with E-state index in [9.17, 15) is 0 Å². The van der Waals surface area contributed by atoms with E-state index < -0.39 is 0 Å². The summed E-state index contributed by atoms with van der Waals surface area (Å²) < 4.78 is 4.96. The van der Waals surface area contributed by atoms with Crippen LogP contribution in [0.1, 0.15) is 13.3 Å². The molecule has 0 saturated carbocycles. The second-order valence-electron chi connectivity index (χ2n) is 1.10. The normalized spacial score (nSPS) is 8.14. The molecule has 7 heavy (non-hydrogen) atoms. The molecule has 0 bridgehead atoms. The Balaban J connectivity index is 2.82. The molecule has 0 aromatic carbocycles. The molecule has 0 unspecified atom stereocenters. The van der Waals surface area contributed by atoms with Gasteiger partial charge in [-0.15, -0.1) is 0 Å². The van der Waals surface area contributed by atoms with E-state index in [0.717, 1.165) is 6.42 Å². The first-order valence-corrected chi connectivity index (χ1v) is 2.92. The largest absolute Gasteiger partial charge is 0.514 e. The van der Waals surface area contributed by atoms with Gasteiger partial charge in [-0.05, 0) is 6.42 Å². The van der Waals surface area contributed by atoms with Crippen molar-refractivity contribution in [3.63, 3.8) is 0 Å². The fraction of sp³-hybridized carbons (Fsp3) is 0.750. The van der Waals surface area contributed by atoms with Crippen LogP contribution >= 0.6 is 12.2 Å². The van der Waals surface area contributed by atoms with Crippen LogP contribution in [0.2, 0.25) is 0 Å². The molecule has 0 aromatic rings. The SMILES string of the molecule is CCCOC(=S)[S-]. The maximum absolute atomic E-state index is 4.74. The van der Waals surface area contributed by atoms with Crippen LogP contribution in [0.25, 0.3) is 0 Å². The van der Waals surface area contributed by atoms with E-state index in [4.69, 9.17) is 4.74 Å². The minimum atomic E-state index is 0.224. The summed E-state index contributed by atoms with van der Waals surface area (Å²) >= 11 is 8.91. The second kappa shape index (κ2) is 4.27. The van der Waals surface area contributed by atoms with Crippen molar-refractivity contribution in [1.29, 1.82) is 0 Å². The Bertz CT molecular complexity index is 62.7. The van der Waals surface area contributed by atoms with Crippen molar-refractivity contribution in [2.45, 2.75) is 13.3 Å². The van der Waals surface area contributed by atoms with Gasteiger partial charge in [0.1, 0.15) is 0 Å². The molecule has 0 saturated heterocycles. The third kappa shape index (κ3) is 6.11. The maximum atomic E-state index is 4.74. The first kappa shape index (κ1) is 7.11. The predicted molar refractivity (Wildman–Crippen MR) is 36.2 cm³/mol. The quantitative estimate of drug-likeness (QED) is 0.416. The van der Waals surface area contributed by atoms with Gasteiger partial charge in [0.2, 0.25) is 0 Å². The summed E-state index contributed by atoms with van der Waals surface area (Å²) in [6.45, 7) is 2.66. The Labute approximate surface area is 54.5 Å². The Morgan fingerprint density at radius 3 is 2.57 bits per heavy atom. The molecule has 0 rings (SSSR count). The highest BCUT2D eigenvalue weighted by atomic mass is 32.1. The van der Waals surface area contributed by atoms with E-state index >= 15 is 0 Å². The molecule has 0 aliphatic rings. The predicted octanol–water partition coefficient (Wildman–Crippen LogP) is 1.24. The van der Waals surface area contributed by atoms with Crippen molar-refractivity contribution in [3.05, 3.63) is 0 Å². The van der Waals surface area contributed by atoms with Crippen LogP contribution in [-0.2, 0) is 17.4 Å². The summed E-state index contributed by atoms with van der Waals surface area (Å²) in [5.41, 5.74) is 0. The van der Waals surface area contributed by atoms with Crippen LogP contribution in [-0.4, -0.2) is 11.0 Å². The summed E-state index contributed by atoms with van der Waals surface area (Å²) in [6, 6.07) is 0. The molecule has 0 atom stereocenters. The van der Waals surface area contributed by atoms with Crippen LogP contribution in [0.3, 0.4) is 0 Å². The molecule has 3 heteroatoms. The summed E-state index contributed by atoms with van der Waals surface area (Å²) in [5, 5.41) is 0. The number of hydrogen-bond acceptors (Lipinski definition) is 3. The lowest BCUT2D eigenvalue weighted by Crippen LogP contribution is -1.96. The van der Waals surface area contributed by atoms with E-state index in [0.29, 0.717) is 6.61 Å². The molecule has 0 radical (unpaired) electrons. The van der Waals surface area contributed by atoms with E-state index in [-0.39, 0.29) is 4.38 Å². The molecule has 0 aliphatic carbocycles. The average molecular weight is 135 g/mol. The van der Waals surface area contributed by atoms with Crippen LogP contribution < -0.4 is 0 Å². The minimum absolute atomic E-state index is 0.224. The number of rotatable bonds is 2. The number of ether oxygens (including phenoxy) is 1. The van der Waals surface area contributed by atoms with Crippen LogP contribution in [0.4, 0.5) is 0 Å². The third-order valence-corrected chi connectivity index (χ3v) is 0.660. The standard InChI is InChI=1S/C4H8OS2/c1-2-3-5-4(6)7/h2-3H2,1H3,(H,6,7)/p-1. The Kier molecular flexibility index (Phi) is 4.34. The lowest BCUT2D eigenvalue weighted by atomic mass is 10.5. The fourth-order valence-corrected chi connectivity index (χ4v) is 0.352. The zero-order chi connectivity index (χ0) is 5.70. The molecule has 0 spiro atoms. The summed E-state index contributed by atoms with van der Waals surface area (Å²) in [6.07, 6.45) is 0.969. The second-order valence-corrected chi connectivity index (χ2v) is 2.10. The van der Waals surface area contributed by atoms with Gasteiger partial charge in [-0.2, -0.15) is 0 Å². The van der Waals surface area contributed by atoms with Crippen molar-refractivity contribution in [2.75, 3.05) is 6.61 Å².